The largest absolute Gasteiger partial charge is 0.480 e. The second-order valence-corrected chi connectivity index (χ2v) is 17.3. The molecule has 0 heterocycles. The van der Waals surface area contributed by atoms with E-state index in [1.54, 1.807) is 0 Å². The minimum absolute atomic E-state index is 0.166. The van der Waals surface area contributed by atoms with Crippen LogP contribution >= 0.6 is 7.82 Å². The topological polar surface area (TPSA) is 172 Å². The van der Waals surface area contributed by atoms with Gasteiger partial charge in [0, 0.05) is 12.8 Å². The van der Waals surface area contributed by atoms with Crippen molar-refractivity contribution < 1.29 is 47.5 Å². The molecule has 57 heavy (non-hydrogen) atoms. The highest BCUT2D eigenvalue weighted by atomic mass is 31.2. The summed E-state index contributed by atoms with van der Waals surface area (Å²) in [6, 6.07) is -1.52. The van der Waals surface area contributed by atoms with Gasteiger partial charge in [-0.2, -0.15) is 0 Å². The van der Waals surface area contributed by atoms with Gasteiger partial charge < -0.3 is 25.2 Å². The lowest BCUT2D eigenvalue weighted by molar-refractivity contribution is -0.161. The number of esters is 2. The number of aliphatic carboxylic acids is 1. The van der Waals surface area contributed by atoms with Crippen LogP contribution < -0.4 is 5.73 Å². The fourth-order valence-electron chi connectivity index (χ4n) is 6.59. The third-order valence-electron chi connectivity index (χ3n) is 10.3. The van der Waals surface area contributed by atoms with E-state index in [-0.39, 0.29) is 19.4 Å². The Morgan fingerprint density at radius 1 is 0.526 bits per heavy atom. The van der Waals surface area contributed by atoms with E-state index in [1.165, 1.54) is 128 Å². The summed E-state index contributed by atoms with van der Waals surface area (Å²) in [6.45, 7) is 2.82. The number of nitrogens with two attached hydrogens (primary N) is 1. The molecule has 4 N–H and O–H groups in total. The Bertz CT molecular complexity index is 1030. The van der Waals surface area contributed by atoms with Crippen LogP contribution in [0.2, 0.25) is 0 Å². The second-order valence-electron chi connectivity index (χ2n) is 15.9. The quantitative estimate of drug-likeness (QED) is 0.0231. The van der Waals surface area contributed by atoms with Crippen LogP contribution in [0.4, 0.5) is 0 Å². The summed E-state index contributed by atoms with van der Waals surface area (Å²) < 4.78 is 32.7. The van der Waals surface area contributed by atoms with Crippen molar-refractivity contribution in [2.45, 2.75) is 238 Å². The second kappa shape index (κ2) is 41.0. The SMILES string of the molecule is CCCCCCCC/C=C/CCCCCCCC(=O)OC[C@H](COP(=O)(O)OC[C@H](N)C(=O)O)OC(=O)CCCCCCCCCCCCCCCCCCCC. The van der Waals surface area contributed by atoms with E-state index in [0.29, 0.717) is 12.8 Å². The summed E-state index contributed by atoms with van der Waals surface area (Å²) in [5.74, 6) is -2.37. The number of hydrogen-bond donors (Lipinski definition) is 3. The standard InChI is InChI=1S/C45H86NO10P/c1-3-5-7-9-11-13-15-17-19-20-21-23-25-27-29-31-33-35-37-44(48)56-41(39-54-57(51,52)55-40-42(46)45(49)50)38-53-43(47)36-34-32-30-28-26-24-22-18-16-14-12-10-8-6-4-2/h18,22,41-42H,3-17,19-21,23-40,46H2,1-2H3,(H,49,50)(H,51,52)/b22-18+/t41-,42+/m1/s1. The number of hydrogen-bond acceptors (Lipinski definition) is 9. The van der Waals surface area contributed by atoms with Crippen molar-refractivity contribution in [3.05, 3.63) is 12.2 Å². The highest BCUT2D eigenvalue weighted by Crippen LogP contribution is 2.43. The van der Waals surface area contributed by atoms with Crippen molar-refractivity contribution in [2.24, 2.45) is 5.73 Å². The third kappa shape index (κ3) is 40.8. The van der Waals surface area contributed by atoms with Gasteiger partial charge >= 0.3 is 25.7 Å². The highest BCUT2D eigenvalue weighted by Gasteiger charge is 2.28. The van der Waals surface area contributed by atoms with Gasteiger partial charge in [0.05, 0.1) is 13.2 Å². The number of phosphoric acid groups is 1. The van der Waals surface area contributed by atoms with Crippen LogP contribution in [0.5, 0.6) is 0 Å². The molecule has 336 valence electrons. The molecule has 0 radical (unpaired) electrons. The Kier molecular flexibility index (Phi) is 39.7. The molecule has 11 nitrogen and oxygen atoms in total. The predicted octanol–water partition coefficient (Wildman–Crippen LogP) is 12.5. The van der Waals surface area contributed by atoms with Crippen molar-refractivity contribution in [1.82, 2.24) is 0 Å². The molecule has 3 atom stereocenters. The number of phosphoric ester groups is 1. The van der Waals surface area contributed by atoms with E-state index in [1.807, 2.05) is 0 Å². The zero-order chi connectivity index (χ0) is 42.1. The molecule has 0 rings (SSSR count). The molecule has 0 aliphatic rings. The van der Waals surface area contributed by atoms with Gasteiger partial charge in [-0.3, -0.25) is 23.4 Å². The number of rotatable bonds is 44. The summed E-state index contributed by atoms with van der Waals surface area (Å²) >= 11 is 0. The lowest BCUT2D eigenvalue weighted by atomic mass is 10.0. The van der Waals surface area contributed by atoms with E-state index in [0.717, 1.165) is 57.8 Å². The Hall–Kier alpha value is -1.78. The molecule has 1 unspecified atom stereocenters. The molecule has 0 bridgehead atoms. The fraction of sp³-hybridized carbons (Fsp3) is 0.889. The van der Waals surface area contributed by atoms with Gasteiger partial charge in [-0.05, 0) is 38.5 Å². The molecular formula is C45H86NO10P. The van der Waals surface area contributed by atoms with Crippen LogP contribution in [0.15, 0.2) is 12.2 Å². The van der Waals surface area contributed by atoms with Crippen LogP contribution in [0, 0.1) is 0 Å². The normalized spacial score (nSPS) is 13.8. The molecule has 0 amide bonds. The first kappa shape index (κ1) is 55.2. The molecule has 0 aromatic heterocycles. The number of ether oxygens (including phenoxy) is 2. The molecule has 0 spiro atoms. The molecule has 0 aliphatic heterocycles. The number of carboxylic acids is 1. The predicted molar refractivity (Wildman–Crippen MR) is 231 cm³/mol. The maximum Gasteiger partial charge on any atom is 0.472 e. The summed E-state index contributed by atoms with van der Waals surface area (Å²) in [4.78, 5) is 46.0. The van der Waals surface area contributed by atoms with E-state index in [4.69, 9.17) is 24.8 Å². The van der Waals surface area contributed by atoms with Crippen LogP contribution in [0.1, 0.15) is 226 Å². The zero-order valence-electron chi connectivity index (χ0n) is 36.5. The van der Waals surface area contributed by atoms with Crippen LogP contribution in [-0.2, 0) is 37.5 Å². The minimum Gasteiger partial charge on any atom is -0.480 e. The van der Waals surface area contributed by atoms with Crippen molar-refractivity contribution in [2.75, 3.05) is 19.8 Å². The highest BCUT2D eigenvalue weighted by molar-refractivity contribution is 7.47. The molecule has 12 heteroatoms. The van der Waals surface area contributed by atoms with Crippen molar-refractivity contribution in [3.63, 3.8) is 0 Å². The smallest absolute Gasteiger partial charge is 0.472 e. The van der Waals surface area contributed by atoms with E-state index >= 15 is 0 Å². The molecule has 0 saturated carbocycles. The maximum absolute atomic E-state index is 12.6. The maximum atomic E-state index is 12.6. The Balaban J connectivity index is 4.29. The fourth-order valence-corrected chi connectivity index (χ4v) is 7.37. The first-order valence-electron chi connectivity index (χ1n) is 23.2. The van der Waals surface area contributed by atoms with Gasteiger partial charge in [0.1, 0.15) is 12.6 Å². The van der Waals surface area contributed by atoms with Gasteiger partial charge in [-0.1, -0.05) is 187 Å². The van der Waals surface area contributed by atoms with Crippen LogP contribution in [0.3, 0.4) is 0 Å². The zero-order valence-corrected chi connectivity index (χ0v) is 37.3. The first-order valence-corrected chi connectivity index (χ1v) is 24.7. The van der Waals surface area contributed by atoms with E-state index < -0.39 is 51.1 Å². The summed E-state index contributed by atoms with van der Waals surface area (Å²) in [7, 11) is -4.71. The van der Waals surface area contributed by atoms with Gasteiger partial charge in [0.25, 0.3) is 0 Å². The van der Waals surface area contributed by atoms with Crippen molar-refractivity contribution in [1.29, 1.82) is 0 Å². The van der Waals surface area contributed by atoms with Gasteiger partial charge in [0.2, 0.25) is 0 Å². The molecule has 0 aliphatic carbocycles. The van der Waals surface area contributed by atoms with Gasteiger partial charge in [0.15, 0.2) is 6.10 Å². The molecule has 0 fully saturated rings. The van der Waals surface area contributed by atoms with Crippen LogP contribution in [0.25, 0.3) is 0 Å². The average Bonchev–Trinajstić information content (AvgIpc) is 3.19. The van der Waals surface area contributed by atoms with Gasteiger partial charge in [-0.15, -0.1) is 0 Å². The van der Waals surface area contributed by atoms with Crippen LogP contribution in [-0.4, -0.2) is 59.9 Å². The monoisotopic (exact) mass is 832 g/mol. The number of carboxylic acid groups (broad SMARTS) is 1. The molecular weight excluding hydrogens is 745 g/mol. The summed E-state index contributed by atoms with van der Waals surface area (Å²) in [5.41, 5.74) is 5.34. The number of carbonyl (C=O) groups excluding carboxylic acids is 2. The van der Waals surface area contributed by atoms with Gasteiger partial charge in [-0.25, -0.2) is 4.57 Å². The number of carbonyl (C=O) groups is 3. The first-order chi connectivity index (χ1) is 27.6. The molecule has 0 aromatic carbocycles. The third-order valence-corrected chi connectivity index (χ3v) is 11.2. The Morgan fingerprint density at radius 3 is 1.28 bits per heavy atom. The summed E-state index contributed by atoms with van der Waals surface area (Å²) in [6.07, 6.45) is 41.3. The lowest BCUT2D eigenvalue weighted by Gasteiger charge is -2.20. The lowest BCUT2D eigenvalue weighted by Crippen LogP contribution is -2.34. The Labute approximate surface area is 348 Å². The molecule has 0 saturated heterocycles. The Morgan fingerprint density at radius 2 is 0.877 bits per heavy atom. The van der Waals surface area contributed by atoms with E-state index in [2.05, 4.69) is 30.5 Å². The average molecular weight is 832 g/mol. The van der Waals surface area contributed by atoms with E-state index in [9.17, 15) is 23.8 Å². The minimum atomic E-state index is -4.71. The molecule has 0 aromatic rings. The van der Waals surface area contributed by atoms with Crippen molar-refractivity contribution >= 4 is 25.7 Å². The number of unbranched alkanes of at least 4 members (excludes halogenated alkanes) is 28. The number of allylic oxidation sites excluding steroid dienone is 2. The van der Waals surface area contributed by atoms with Crippen molar-refractivity contribution in [3.8, 4) is 0 Å². The summed E-state index contributed by atoms with van der Waals surface area (Å²) in [5, 5.41) is 8.90.